The van der Waals surface area contributed by atoms with E-state index in [0.717, 1.165) is 11.3 Å². The van der Waals surface area contributed by atoms with Crippen LogP contribution in [0.2, 0.25) is 0 Å². The van der Waals surface area contributed by atoms with E-state index in [1.54, 1.807) is 6.07 Å². The Bertz CT molecular complexity index is 536. The van der Waals surface area contributed by atoms with Gasteiger partial charge in [-0.15, -0.1) is 11.3 Å². The second kappa shape index (κ2) is 5.38. The quantitative estimate of drug-likeness (QED) is 0.844. The van der Waals surface area contributed by atoms with Crippen LogP contribution in [0.25, 0.3) is 0 Å². The Morgan fingerprint density at radius 2 is 2.28 bits per heavy atom. The molecule has 100 valence electrons. The highest BCUT2D eigenvalue weighted by Gasteiger charge is 2.23. The van der Waals surface area contributed by atoms with Crippen molar-refractivity contribution in [3.8, 4) is 0 Å². The van der Waals surface area contributed by atoms with Gasteiger partial charge in [0.2, 0.25) is 15.9 Å². The highest BCUT2D eigenvalue weighted by atomic mass is 32.2. The smallest absolute Gasteiger partial charge is 0.250 e. The van der Waals surface area contributed by atoms with E-state index in [2.05, 4.69) is 10.0 Å². The molecule has 0 bridgehead atoms. The SMILES string of the molecule is CCc1ccc(S(=O)(=O)NCC2CCC(=O)N2)s1. The molecule has 2 rings (SSSR count). The van der Waals surface area contributed by atoms with Crippen molar-refractivity contribution in [1.82, 2.24) is 10.0 Å². The maximum absolute atomic E-state index is 12.0. The van der Waals surface area contributed by atoms with Crippen LogP contribution in [-0.4, -0.2) is 26.9 Å². The number of carbonyl (C=O) groups is 1. The fourth-order valence-electron chi connectivity index (χ4n) is 1.80. The molecule has 2 heterocycles. The van der Waals surface area contributed by atoms with E-state index in [1.807, 2.05) is 13.0 Å². The van der Waals surface area contributed by atoms with E-state index in [4.69, 9.17) is 0 Å². The Hall–Kier alpha value is -0.920. The summed E-state index contributed by atoms with van der Waals surface area (Å²) >= 11 is 1.29. The Morgan fingerprint density at radius 1 is 1.50 bits per heavy atom. The summed E-state index contributed by atoms with van der Waals surface area (Å²) < 4.78 is 26.9. The molecule has 1 aliphatic heterocycles. The predicted molar refractivity (Wildman–Crippen MR) is 70.1 cm³/mol. The highest BCUT2D eigenvalue weighted by molar-refractivity contribution is 7.91. The van der Waals surface area contributed by atoms with Crippen LogP contribution in [0.15, 0.2) is 16.3 Å². The molecule has 1 atom stereocenters. The van der Waals surface area contributed by atoms with Crippen LogP contribution in [0, 0.1) is 0 Å². The fraction of sp³-hybridized carbons (Fsp3) is 0.545. The summed E-state index contributed by atoms with van der Waals surface area (Å²) in [6.07, 6.45) is 2.00. The lowest BCUT2D eigenvalue weighted by molar-refractivity contribution is -0.119. The molecular weight excluding hydrogens is 272 g/mol. The summed E-state index contributed by atoms with van der Waals surface area (Å²) in [5.74, 6) is -0.0106. The van der Waals surface area contributed by atoms with Gasteiger partial charge in [-0.25, -0.2) is 13.1 Å². The van der Waals surface area contributed by atoms with Gasteiger partial charge in [0.05, 0.1) is 0 Å². The van der Waals surface area contributed by atoms with Crippen LogP contribution >= 0.6 is 11.3 Å². The number of carbonyl (C=O) groups excluding carboxylic acids is 1. The Kier molecular flexibility index (Phi) is 4.04. The first-order valence-corrected chi connectivity index (χ1v) is 8.19. The molecule has 5 nitrogen and oxygen atoms in total. The van der Waals surface area contributed by atoms with Gasteiger partial charge in [-0.3, -0.25) is 4.79 Å². The Morgan fingerprint density at radius 3 is 2.83 bits per heavy atom. The van der Waals surface area contributed by atoms with Crippen LogP contribution in [0.3, 0.4) is 0 Å². The third-order valence-corrected chi connectivity index (χ3v) is 6.00. The third-order valence-electron chi connectivity index (χ3n) is 2.86. The monoisotopic (exact) mass is 288 g/mol. The number of nitrogens with one attached hydrogen (secondary N) is 2. The zero-order chi connectivity index (χ0) is 13.2. The number of amides is 1. The predicted octanol–water partition coefficient (Wildman–Crippen LogP) is 0.867. The minimum Gasteiger partial charge on any atom is -0.352 e. The van der Waals surface area contributed by atoms with Gasteiger partial charge in [0.25, 0.3) is 0 Å². The van der Waals surface area contributed by atoms with Gasteiger partial charge in [-0.05, 0) is 25.0 Å². The summed E-state index contributed by atoms with van der Waals surface area (Å²) in [7, 11) is -3.44. The number of sulfonamides is 1. The minimum atomic E-state index is -3.44. The number of aryl methyl sites for hydroxylation is 1. The minimum absolute atomic E-state index is 0.0106. The molecule has 1 saturated heterocycles. The van der Waals surface area contributed by atoms with Crippen molar-refractivity contribution in [2.24, 2.45) is 0 Å². The van der Waals surface area contributed by atoms with Crippen molar-refractivity contribution in [2.45, 2.75) is 36.4 Å². The van der Waals surface area contributed by atoms with E-state index in [1.165, 1.54) is 11.3 Å². The van der Waals surface area contributed by atoms with E-state index < -0.39 is 10.0 Å². The third kappa shape index (κ3) is 3.09. The molecule has 0 radical (unpaired) electrons. The van der Waals surface area contributed by atoms with Gasteiger partial charge in [-0.1, -0.05) is 6.92 Å². The Labute approximate surface area is 111 Å². The highest BCUT2D eigenvalue weighted by Crippen LogP contribution is 2.21. The number of rotatable bonds is 5. The molecule has 1 unspecified atom stereocenters. The number of hydrogen-bond acceptors (Lipinski definition) is 4. The summed E-state index contributed by atoms with van der Waals surface area (Å²) in [6.45, 7) is 2.25. The maximum Gasteiger partial charge on any atom is 0.250 e. The first-order valence-electron chi connectivity index (χ1n) is 5.89. The molecule has 7 heteroatoms. The van der Waals surface area contributed by atoms with E-state index in [-0.39, 0.29) is 18.5 Å². The van der Waals surface area contributed by atoms with Gasteiger partial charge >= 0.3 is 0 Å². The Balaban J connectivity index is 1.97. The molecule has 0 aliphatic carbocycles. The summed E-state index contributed by atoms with van der Waals surface area (Å²) in [6, 6.07) is 3.37. The lowest BCUT2D eigenvalue weighted by Crippen LogP contribution is -2.38. The lowest BCUT2D eigenvalue weighted by atomic mass is 10.2. The normalized spacial score (nSPS) is 20.1. The van der Waals surface area contributed by atoms with E-state index in [9.17, 15) is 13.2 Å². The molecule has 1 aromatic rings. The molecule has 2 N–H and O–H groups in total. The van der Waals surface area contributed by atoms with Crippen molar-refractivity contribution in [2.75, 3.05) is 6.54 Å². The fourth-order valence-corrected chi connectivity index (χ4v) is 4.23. The summed E-state index contributed by atoms with van der Waals surface area (Å²) in [5, 5.41) is 2.73. The second-order valence-corrected chi connectivity index (χ2v) is 7.39. The molecule has 0 spiro atoms. The first-order chi connectivity index (χ1) is 8.51. The van der Waals surface area contributed by atoms with Crippen LogP contribution in [0.1, 0.15) is 24.6 Å². The molecule has 1 aromatic heterocycles. The van der Waals surface area contributed by atoms with Gasteiger partial charge in [0, 0.05) is 23.9 Å². The molecule has 1 aliphatic rings. The average Bonchev–Trinajstić information content (AvgIpc) is 2.95. The van der Waals surface area contributed by atoms with Crippen LogP contribution in [0.5, 0.6) is 0 Å². The van der Waals surface area contributed by atoms with E-state index in [0.29, 0.717) is 17.1 Å². The van der Waals surface area contributed by atoms with Crippen molar-refractivity contribution in [3.05, 3.63) is 17.0 Å². The van der Waals surface area contributed by atoms with Crippen molar-refractivity contribution < 1.29 is 13.2 Å². The summed E-state index contributed by atoms with van der Waals surface area (Å²) in [4.78, 5) is 12.0. The van der Waals surface area contributed by atoms with E-state index >= 15 is 0 Å². The van der Waals surface area contributed by atoms with Gasteiger partial charge in [0.15, 0.2) is 0 Å². The second-order valence-electron chi connectivity index (χ2n) is 4.23. The topological polar surface area (TPSA) is 75.3 Å². The standard InChI is InChI=1S/C11H16N2O3S2/c1-2-9-4-6-11(17-9)18(15,16)12-7-8-3-5-10(14)13-8/h4,6,8,12H,2-3,5,7H2,1H3,(H,13,14). The molecule has 1 amide bonds. The van der Waals surface area contributed by atoms with Gasteiger partial charge in [0.1, 0.15) is 4.21 Å². The molecule has 0 saturated carbocycles. The van der Waals surface area contributed by atoms with Crippen molar-refractivity contribution in [1.29, 1.82) is 0 Å². The maximum atomic E-state index is 12.0. The van der Waals surface area contributed by atoms with Gasteiger partial charge in [-0.2, -0.15) is 0 Å². The van der Waals surface area contributed by atoms with Crippen molar-refractivity contribution in [3.63, 3.8) is 0 Å². The number of hydrogen-bond donors (Lipinski definition) is 2. The molecular formula is C11H16N2O3S2. The number of thiophene rings is 1. The average molecular weight is 288 g/mol. The van der Waals surface area contributed by atoms with Gasteiger partial charge < -0.3 is 5.32 Å². The van der Waals surface area contributed by atoms with Crippen LogP contribution in [0.4, 0.5) is 0 Å². The molecule has 18 heavy (non-hydrogen) atoms. The van der Waals surface area contributed by atoms with Crippen LogP contribution in [-0.2, 0) is 21.2 Å². The largest absolute Gasteiger partial charge is 0.352 e. The summed E-state index contributed by atoms with van der Waals surface area (Å²) in [5.41, 5.74) is 0. The molecule has 1 fully saturated rings. The lowest BCUT2D eigenvalue weighted by Gasteiger charge is -2.10. The molecule has 0 aromatic carbocycles. The zero-order valence-electron chi connectivity index (χ0n) is 10.1. The first kappa shape index (κ1) is 13.5. The van der Waals surface area contributed by atoms with Crippen molar-refractivity contribution >= 4 is 27.3 Å². The zero-order valence-corrected chi connectivity index (χ0v) is 11.7. The van der Waals surface area contributed by atoms with Crippen LogP contribution < -0.4 is 10.0 Å².